The molecule has 0 aliphatic carbocycles. The summed E-state index contributed by atoms with van der Waals surface area (Å²) in [6, 6.07) is 5.43. The molecule has 2 rings (SSSR count). The van der Waals surface area contributed by atoms with Crippen molar-refractivity contribution >= 4 is 34.0 Å². The molecule has 0 aliphatic rings. The van der Waals surface area contributed by atoms with Crippen molar-refractivity contribution in [3.63, 3.8) is 0 Å². The van der Waals surface area contributed by atoms with Crippen LogP contribution in [0, 0.1) is 6.92 Å². The Kier molecular flexibility index (Phi) is 4.39. The van der Waals surface area contributed by atoms with E-state index in [0.717, 1.165) is 5.56 Å². The van der Waals surface area contributed by atoms with E-state index in [1.165, 1.54) is 11.3 Å². The van der Waals surface area contributed by atoms with Crippen molar-refractivity contribution in [2.45, 2.75) is 20.0 Å². The number of hydrogen-bond donors (Lipinski definition) is 1. The second-order valence-corrected chi connectivity index (χ2v) is 5.32. The van der Waals surface area contributed by atoms with Crippen molar-refractivity contribution < 1.29 is 9.53 Å². The largest absolute Gasteiger partial charge is 0.479 e. The third kappa shape index (κ3) is 3.68. The van der Waals surface area contributed by atoms with Crippen molar-refractivity contribution in [1.82, 2.24) is 4.98 Å². The Morgan fingerprint density at radius 1 is 1.53 bits per heavy atom. The van der Waals surface area contributed by atoms with Crippen LogP contribution in [-0.4, -0.2) is 17.0 Å². The molecule has 4 nitrogen and oxygen atoms in total. The number of aromatic nitrogens is 1. The Labute approximate surface area is 120 Å². The zero-order valence-corrected chi connectivity index (χ0v) is 12.1. The first kappa shape index (κ1) is 13.8. The second kappa shape index (κ2) is 6.04. The highest BCUT2D eigenvalue weighted by molar-refractivity contribution is 7.13. The normalized spacial score (nSPS) is 11.9. The van der Waals surface area contributed by atoms with Crippen LogP contribution >= 0.6 is 22.9 Å². The lowest BCUT2D eigenvalue weighted by Gasteiger charge is -2.15. The van der Waals surface area contributed by atoms with Crippen LogP contribution in [0.15, 0.2) is 29.8 Å². The first-order valence-corrected chi connectivity index (χ1v) is 6.95. The minimum Gasteiger partial charge on any atom is -0.479 e. The van der Waals surface area contributed by atoms with Crippen molar-refractivity contribution in [1.29, 1.82) is 0 Å². The lowest BCUT2D eigenvalue weighted by atomic mass is 10.2. The molecule has 1 heterocycles. The summed E-state index contributed by atoms with van der Waals surface area (Å²) >= 11 is 7.38. The first-order chi connectivity index (χ1) is 9.06. The highest BCUT2D eigenvalue weighted by atomic mass is 35.5. The number of hydrogen-bond acceptors (Lipinski definition) is 4. The minimum absolute atomic E-state index is 0.257. The van der Waals surface area contributed by atoms with Gasteiger partial charge in [0.15, 0.2) is 11.2 Å². The van der Waals surface area contributed by atoms with Gasteiger partial charge in [0, 0.05) is 11.6 Å². The number of thiazole rings is 1. The van der Waals surface area contributed by atoms with E-state index in [9.17, 15) is 4.79 Å². The lowest BCUT2D eigenvalue weighted by Crippen LogP contribution is -2.30. The quantitative estimate of drug-likeness (QED) is 0.939. The van der Waals surface area contributed by atoms with Gasteiger partial charge in [-0.1, -0.05) is 17.7 Å². The van der Waals surface area contributed by atoms with Crippen LogP contribution in [-0.2, 0) is 4.79 Å². The fourth-order valence-electron chi connectivity index (χ4n) is 1.44. The maximum atomic E-state index is 11.9. The molecule has 2 aromatic rings. The molecule has 0 fully saturated rings. The van der Waals surface area contributed by atoms with Gasteiger partial charge >= 0.3 is 0 Å². The summed E-state index contributed by atoms with van der Waals surface area (Å²) in [5, 5.41) is 5.50. The zero-order valence-electron chi connectivity index (χ0n) is 10.5. The fourth-order valence-corrected chi connectivity index (χ4v) is 2.13. The first-order valence-electron chi connectivity index (χ1n) is 5.69. The highest BCUT2D eigenvalue weighted by Crippen LogP contribution is 2.26. The number of nitrogens with one attached hydrogen (secondary N) is 1. The molecule has 1 atom stereocenters. The van der Waals surface area contributed by atoms with Crippen molar-refractivity contribution in [2.75, 3.05) is 5.32 Å². The number of ether oxygens (including phenoxy) is 1. The third-order valence-corrected chi connectivity index (χ3v) is 3.42. The van der Waals surface area contributed by atoms with Gasteiger partial charge in [-0.25, -0.2) is 4.98 Å². The molecule has 0 bridgehead atoms. The number of benzene rings is 1. The minimum atomic E-state index is -0.650. The smallest absolute Gasteiger partial charge is 0.266 e. The molecule has 100 valence electrons. The van der Waals surface area contributed by atoms with Gasteiger partial charge in [-0.2, -0.15) is 0 Å². The fraction of sp³-hybridized carbons (Fsp3) is 0.231. The molecular formula is C13H13ClN2O2S. The molecule has 19 heavy (non-hydrogen) atoms. The number of carbonyl (C=O) groups excluding carboxylic acids is 1. The number of aryl methyl sites for hydroxylation is 1. The number of amides is 1. The monoisotopic (exact) mass is 296 g/mol. The molecule has 0 aliphatic heterocycles. The SMILES string of the molecule is Cc1ccc(Cl)c(O[C@@H](C)C(=O)Nc2nccs2)c1. The molecule has 1 aromatic carbocycles. The molecule has 0 unspecified atom stereocenters. The Hall–Kier alpha value is -1.59. The molecular weight excluding hydrogens is 284 g/mol. The number of halogens is 1. The Morgan fingerprint density at radius 2 is 2.32 bits per heavy atom. The van der Waals surface area contributed by atoms with E-state index in [4.69, 9.17) is 16.3 Å². The van der Waals surface area contributed by atoms with Gasteiger partial charge in [0.1, 0.15) is 5.75 Å². The number of nitrogens with zero attached hydrogens (tertiary/aromatic N) is 1. The second-order valence-electron chi connectivity index (χ2n) is 4.02. The molecule has 0 saturated heterocycles. The molecule has 1 aromatic heterocycles. The van der Waals surface area contributed by atoms with Crippen LogP contribution in [0.1, 0.15) is 12.5 Å². The van der Waals surface area contributed by atoms with Crippen LogP contribution in [0.5, 0.6) is 5.75 Å². The predicted molar refractivity (Wildman–Crippen MR) is 77.0 cm³/mol. The van der Waals surface area contributed by atoms with Crippen molar-refractivity contribution in [3.8, 4) is 5.75 Å². The summed E-state index contributed by atoms with van der Waals surface area (Å²) in [6.45, 7) is 3.60. The van der Waals surface area contributed by atoms with Gasteiger partial charge in [-0.15, -0.1) is 11.3 Å². The molecule has 1 amide bonds. The summed E-state index contributed by atoms with van der Waals surface area (Å²) in [5.74, 6) is 0.246. The number of rotatable bonds is 4. The van der Waals surface area contributed by atoms with E-state index in [0.29, 0.717) is 15.9 Å². The topological polar surface area (TPSA) is 51.2 Å². The average molecular weight is 297 g/mol. The predicted octanol–water partition coefficient (Wildman–Crippen LogP) is 3.51. The van der Waals surface area contributed by atoms with Gasteiger partial charge < -0.3 is 4.74 Å². The van der Waals surface area contributed by atoms with Crippen molar-refractivity contribution in [2.24, 2.45) is 0 Å². The molecule has 0 radical (unpaired) electrons. The number of anilines is 1. The lowest BCUT2D eigenvalue weighted by molar-refractivity contribution is -0.122. The van der Waals surface area contributed by atoms with E-state index in [1.54, 1.807) is 30.6 Å². The van der Waals surface area contributed by atoms with E-state index in [-0.39, 0.29) is 5.91 Å². The Bertz CT molecular complexity index is 572. The van der Waals surface area contributed by atoms with Crippen LogP contribution in [0.3, 0.4) is 0 Å². The Balaban J connectivity index is 2.02. The summed E-state index contributed by atoms with van der Waals surface area (Å²) in [5.41, 5.74) is 1.02. The standard InChI is InChI=1S/C13H13ClN2O2S/c1-8-3-4-10(14)11(7-8)18-9(2)12(17)16-13-15-5-6-19-13/h3-7,9H,1-2H3,(H,15,16,17)/t9-/m0/s1. The summed E-state index contributed by atoms with van der Waals surface area (Å²) < 4.78 is 5.57. The molecule has 0 saturated carbocycles. The van der Waals surface area contributed by atoms with Gasteiger partial charge in [0.25, 0.3) is 5.91 Å². The highest BCUT2D eigenvalue weighted by Gasteiger charge is 2.17. The van der Waals surface area contributed by atoms with Gasteiger partial charge in [0.05, 0.1) is 5.02 Å². The third-order valence-electron chi connectivity index (χ3n) is 2.42. The van der Waals surface area contributed by atoms with Gasteiger partial charge in [-0.05, 0) is 31.5 Å². The molecule has 6 heteroatoms. The molecule has 0 spiro atoms. The zero-order chi connectivity index (χ0) is 13.8. The van der Waals surface area contributed by atoms with E-state index < -0.39 is 6.10 Å². The molecule has 1 N–H and O–H groups in total. The summed E-state index contributed by atoms with van der Waals surface area (Å²) in [7, 11) is 0. The Morgan fingerprint density at radius 3 is 3.00 bits per heavy atom. The van der Waals surface area contributed by atoms with E-state index in [1.807, 2.05) is 13.0 Å². The van der Waals surface area contributed by atoms with Gasteiger partial charge in [-0.3, -0.25) is 10.1 Å². The van der Waals surface area contributed by atoms with E-state index >= 15 is 0 Å². The van der Waals surface area contributed by atoms with Gasteiger partial charge in [0.2, 0.25) is 0 Å². The van der Waals surface area contributed by atoms with Crippen molar-refractivity contribution in [3.05, 3.63) is 40.4 Å². The van der Waals surface area contributed by atoms with Crippen LogP contribution in [0.25, 0.3) is 0 Å². The summed E-state index contributed by atoms with van der Waals surface area (Å²) in [4.78, 5) is 15.9. The van der Waals surface area contributed by atoms with Crippen LogP contribution in [0.4, 0.5) is 5.13 Å². The number of carbonyl (C=O) groups is 1. The maximum absolute atomic E-state index is 11.9. The summed E-state index contributed by atoms with van der Waals surface area (Å²) in [6.07, 6.45) is 0.978. The van der Waals surface area contributed by atoms with Crippen LogP contribution in [0.2, 0.25) is 5.02 Å². The maximum Gasteiger partial charge on any atom is 0.266 e. The average Bonchev–Trinajstić information content (AvgIpc) is 2.86. The van der Waals surface area contributed by atoms with Crippen LogP contribution < -0.4 is 10.1 Å². The van der Waals surface area contributed by atoms with E-state index in [2.05, 4.69) is 10.3 Å².